The van der Waals surface area contributed by atoms with Crippen molar-refractivity contribution in [1.82, 2.24) is 14.9 Å². The van der Waals surface area contributed by atoms with Crippen LogP contribution >= 0.6 is 0 Å². The standard InChI is InChI=1S/C21H30N4O2/c1-15-6-7-18-17(12-15)19(23-14-22-18)25-10-8-16(9-11-25)13-24(5)20(26)27-21(2,3)4/h6-7,12,14,16H,8-11,13H2,1-5H3. The van der Waals surface area contributed by atoms with E-state index >= 15 is 0 Å². The maximum Gasteiger partial charge on any atom is 0.410 e. The molecule has 1 fully saturated rings. The Bertz CT molecular complexity index is 807. The molecule has 1 amide bonds. The fourth-order valence-corrected chi connectivity index (χ4v) is 3.54. The van der Waals surface area contributed by atoms with Crippen molar-refractivity contribution in [3.63, 3.8) is 0 Å². The summed E-state index contributed by atoms with van der Waals surface area (Å²) in [5.41, 5.74) is 1.74. The average Bonchev–Trinajstić information content (AvgIpc) is 2.60. The van der Waals surface area contributed by atoms with E-state index in [4.69, 9.17) is 4.74 Å². The lowest BCUT2D eigenvalue weighted by molar-refractivity contribution is 0.0266. The van der Waals surface area contributed by atoms with Crippen LogP contribution in [0.4, 0.5) is 10.6 Å². The van der Waals surface area contributed by atoms with Crippen LogP contribution in [0.5, 0.6) is 0 Å². The van der Waals surface area contributed by atoms with E-state index in [1.807, 2.05) is 27.8 Å². The third-order valence-corrected chi connectivity index (χ3v) is 4.92. The molecule has 0 aliphatic carbocycles. The number of ether oxygens (including phenoxy) is 1. The Kier molecular flexibility index (Phi) is 5.53. The molecule has 6 heteroatoms. The lowest BCUT2D eigenvalue weighted by Gasteiger charge is -2.35. The molecule has 0 N–H and O–H groups in total. The third kappa shape index (κ3) is 4.87. The fraction of sp³-hybridized carbons (Fsp3) is 0.571. The summed E-state index contributed by atoms with van der Waals surface area (Å²) in [6.07, 6.45) is 3.46. The van der Waals surface area contributed by atoms with Gasteiger partial charge in [0.05, 0.1) is 5.52 Å². The smallest absolute Gasteiger partial charge is 0.410 e. The Hall–Kier alpha value is -2.37. The zero-order valence-electron chi connectivity index (χ0n) is 17.0. The van der Waals surface area contributed by atoms with Gasteiger partial charge in [0.1, 0.15) is 17.7 Å². The zero-order chi connectivity index (χ0) is 19.6. The number of aromatic nitrogens is 2. The number of piperidine rings is 1. The second-order valence-electron chi connectivity index (χ2n) is 8.51. The van der Waals surface area contributed by atoms with Crippen LogP contribution in [0.3, 0.4) is 0 Å². The molecule has 1 aliphatic heterocycles. The lowest BCUT2D eigenvalue weighted by atomic mass is 9.96. The molecular weight excluding hydrogens is 340 g/mol. The van der Waals surface area contributed by atoms with Gasteiger partial charge in [-0.3, -0.25) is 0 Å². The average molecular weight is 370 g/mol. The number of hydrogen-bond acceptors (Lipinski definition) is 5. The third-order valence-electron chi connectivity index (χ3n) is 4.92. The number of rotatable bonds is 3. The van der Waals surface area contributed by atoms with Gasteiger partial charge < -0.3 is 14.5 Å². The molecule has 2 heterocycles. The van der Waals surface area contributed by atoms with Gasteiger partial charge in [-0.1, -0.05) is 11.6 Å². The molecule has 3 rings (SSSR count). The molecule has 1 saturated heterocycles. The van der Waals surface area contributed by atoms with Crippen LogP contribution in [0.25, 0.3) is 10.9 Å². The largest absolute Gasteiger partial charge is 0.444 e. The normalized spacial score (nSPS) is 15.8. The Morgan fingerprint density at radius 2 is 1.96 bits per heavy atom. The molecule has 1 aromatic carbocycles. The summed E-state index contributed by atoms with van der Waals surface area (Å²) in [5, 5.41) is 1.11. The summed E-state index contributed by atoms with van der Waals surface area (Å²) in [6.45, 7) is 10.4. The molecule has 27 heavy (non-hydrogen) atoms. The van der Waals surface area contributed by atoms with Crippen molar-refractivity contribution in [1.29, 1.82) is 0 Å². The number of carbonyl (C=O) groups is 1. The summed E-state index contributed by atoms with van der Waals surface area (Å²) < 4.78 is 5.45. The first-order valence-corrected chi connectivity index (χ1v) is 9.63. The van der Waals surface area contributed by atoms with Gasteiger partial charge in [0.25, 0.3) is 0 Å². The van der Waals surface area contributed by atoms with Crippen LogP contribution in [-0.2, 0) is 4.74 Å². The van der Waals surface area contributed by atoms with Crippen molar-refractivity contribution in [2.24, 2.45) is 5.92 Å². The Balaban J connectivity index is 1.61. The van der Waals surface area contributed by atoms with Crippen LogP contribution in [0, 0.1) is 12.8 Å². The molecule has 0 bridgehead atoms. The number of nitrogens with zero attached hydrogens (tertiary/aromatic N) is 4. The van der Waals surface area contributed by atoms with Crippen molar-refractivity contribution in [3.8, 4) is 0 Å². The highest BCUT2D eigenvalue weighted by Gasteiger charge is 2.26. The highest BCUT2D eigenvalue weighted by molar-refractivity contribution is 5.89. The van der Waals surface area contributed by atoms with Crippen molar-refractivity contribution in [2.45, 2.75) is 46.1 Å². The number of amides is 1. The fourth-order valence-electron chi connectivity index (χ4n) is 3.54. The predicted molar refractivity (Wildman–Crippen MR) is 108 cm³/mol. The zero-order valence-corrected chi connectivity index (χ0v) is 17.0. The van der Waals surface area contributed by atoms with E-state index in [1.165, 1.54) is 5.56 Å². The summed E-state index contributed by atoms with van der Waals surface area (Å²) in [5.74, 6) is 1.50. The first-order valence-electron chi connectivity index (χ1n) is 9.63. The lowest BCUT2D eigenvalue weighted by Crippen LogP contribution is -2.41. The predicted octanol–water partition coefficient (Wildman–Crippen LogP) is 4.02. The highest BCUT2D eigenvalue weighted by atomic mass is 16.6. The Morgan fingerprint density at radius 1 is 1.26 bits per heavy atom. The van der Waals surface area contributed by atoms with E-state index in [0.717, 1.165) is 49.2 Å². The first kappa shape index (κ1) is 19.4. The van der Waals surface area contributed by atoms with Crippen molar-refractivity contribution >= 4 is 22.8 Å². The summed E-state index contributed by atoms with van der Waals surface area (Å²) in [4.78, 5) is 25.2. The molecule has 0 saturated carbocycles. The molecule has 1 aromatic heterocycles. The van der Waals surface area contributed by atoms with Gasteiger partial charge in [0, 0.05) is 32.1 Å². The van der Waals surface area contributed by atoms with Crippen LogP contribution in [-0.4, -0.2) is 53.2 Å². The molecule has 2 aromatic rings. The van der Waals surface area contributed by atoms with E-state index in [0.29, 0.717) is 5.92 Å². The maximum absolute atomic E-state index is 12.2. The summed E-state index contributed by atoms with van der Waals surface area (Å²) >= 11 is 0. The number of anilines is 1. The minimum Gasteiger partial charge on any atom is -0.444 e. The van der Waals surface area contributed by atoms with Crippen molar-refractivity contribution in [2.75, 3.05) is 31.6 Å². The summed E-state index contributed by atoms with van der Waals surface area (Å²) in [7, 11) is 1.82. The van der Waals surface area contributed by atoms with Crippen LogP contribution < -0.4 is 4.90 Å². The minimum absolute atomic E-state index is 0.248. The van der Waals surface area contributed by atoms with E-state index in [9.17, 15) is 4.79 Å². The van der Waals surface area contributed by atoms with E-state index in [-0.39, 0.29) is 6.09 Å². The van der Waals surface area contributed by atoms with Crippen LogP contribution in [0.1, 0.15) is 39.2 Å². The van der Waals surface area contributed by atoms with Gasteiger partial charge in [-0.2, -0.15) is 0 Å². The van der Waals surface area contributed by atoms with E-state index in [2.05, 4.69) is 40.0 Å². The first-order chi connectivity index (χ1) is 12.7. The second-order valence-corrected chi connectivity index (χ2v) is 8.51. The molecule has 146 valence electrons. The van der Waals surface area contributed by atoms with Gasteiger partial charge in [-0.05, 0) is 58.6 Å². The highest BCUT2D eigenvalue weighted by Crippen LogP contribution is 2.28. The molecule has 1 aliphatic rings. The molecule has 0 atom stereocenters. The second kappa shape index (κ2) is 7.71. The summed E-state index contributed by atoms with van der Waals surface area (Å²) in [6, 6.07) is 6.29. The number of benzene rings is 1. The Morgan fingerprint density at radius 3 is 2.63 bits per heavy atom. The topological polar surface area (TPSA) is 58.6 Å². The number of carbonyl (C=O) groups excluding carboxylic acids is 1. The van der Waals surface area contributed by atoms with Crippen molar-refractivity contribution in [3.05, 3.63) is 30.1 Å². The van der Waals surface area contributed by atoms with Gasteiger partial charge >= 0.3 is 6.09 Å². The maximum atomic E-state index is 12.2. The molecular formula is C21H30N4O2. The molecule has 0 radical (unpaired) electrons. The van der Waals surface area contributed by atoms with Gasteiger partial charge in [-0.15, -0.1) is 0 Å². The van der Waals surface area contributed by atoms with E-state index < -0.39 is 5.60 Å². The number of fused-ring (bicyclic) bond motifs is 1. The van der Waals surface area contributed by atoms with Crippen LogP contribution in [0.15, 0.2) is 24.5 Å². The molecule has 0 unspecified atom stereocenters. The monoisotopic (exact) mass is 370 g/mol. The number of aryl methyl sites for hydroxylation is 1. The van der Waals surface area contributed by atoms with Gasteiger partial charge in [-0.25, -0.2) is 14.8 Å². The number of hydrogen-bond donors (Lipinski definition) is 0. The van der Waals surface area contributed by atoms with Gasteiger partial charge in [0.15, 0.2) is 0 Å². The SMILES string of the molecule is Cc1ccc2ncnc(N3CCC(CN(C)C(=O)OC(C)(C)C)CC3)c2c1. The quantitative estimate of drug-likeness (QED) is 0.817. The van der Waals surface area contributed by atoms with Crippen molar-refractivity contribution < 1.29 is 9.53 Å². The molecule has 0 spiro atoms. The minimum atomic E-state index is -0.457. The van der Waals surface area contributed by atoms with Crippen LogP contribution in [0.2, 0.25) is 0 Å². The van der Waals surface area contributed by atoms with E-state index in [1.54, 1.807) is 11.2 Å². The van der Waals surface area contributed by atoms with Gasteiger partial charge in [0.2, 0.25) is 0 Å². The molecule has 6 nitrogen and oxygen atoms in total. The Labute approximate surface area is 161 Å².